The molecule has 0 aromatic carbocycles. The van der Waals surface area contributed by atoms with E-state index in [1.807, 2.05) is 17.5 Å². The van der Waals surface area contributed by atoms with Gasteiger partial charge in [0.25, 0.3) is 5.91 Å². The molecule has 3 aromatic rings. The van der Waals surface area contributed by atoms with E-state index in [0.29, 0.717) is 12.2 Å². The molecule has 1 aliphatic rings. The lowest BCUT2D eigenvalue weighted by atomic mass is 9.94. The molecule has 1 atom stereocenters. The number of nitrogens with one attached hydrogen (secondary N) is 1. The third kappa shape index (κ3) is 5.35. The maximum absolute atomic E-state index is 13.6. The fourth-order valence-corrected chi connectivity index (χ4v) is 4.74. The van der Waals surface area contributed by atoms with Gasteiger partial charge < -0.3 is 10.2 Å². The summed E-state index contributed by atoms with van der Waals surface area (Å²) < 4.78 is 0. The second kappa shape index (κ2) is 10.3. The molecule has 2 amide bonds. The first-order valence-electron chi connectivity index (χ1n) is 10.7. The van der Waals surface area contributed by atoms with Crippen LogP contribution in [0.15, 0.2) is 66.4 Å². The van der Waals surface area contributed by atoms with Crippen LogP contribution in [0.4, 0.5) is 0 Å². The summed E-state index contributed by atoms with van der Waals surface area (Å²) in [5.41, 5.74) is 1.06. The zero-order valence-electron chi connectivity index (χ0n) is 17.3. The predicted octanol–water partition coefficient (Wildman–Crippen LogP) is 4.37. The quantitative estimate of drug-likeness (QED) is 0.599. The molecule has 31 heavy (non-hydrogen) atoms. The normalized spacial score (nSPS) is 15.2. The lowest BCUT2D eigenvalue weighted by Crippen LogP contribution is -2.47. The minimum atomic E-state index is -0.762. The van der Waals surface area contributed by atoms with Gasteiger partial charge in [-0.3, -0.25) is 19.6 Å². The van der Waals surface area contributed by atoms with E-state index in [1.165, 1.54) is 6.42 Å². The number of hydrogen-bond acceptors (Lipinski definition) is 5. The molecule has 0 spiro atoms. The van der Waals surface area contributed by atoms with Crippen LogP contribution in [-0.4, -0.2) is 32.7 Å². The summed E-state index contributed by atoms with van der Waals surface area (Å²) in [5, 5.41) is 5.19. The highest BCUT2D eigenvalue weighted by Crippen LogP contribution is 2.27. The maximum atomic E-state index is 13.6. The van der Waals surface area contributed by atoms with Crippen LogP contribution in [0.25, 0.3) is 0 Å². The van der Waals surface area contributed by atoms with Crippen LogP contribution >= 0.6 is 11.3 Å². The van der Waals surface area contributed by atoms with Crippen molar-refractivity contribution in [2.45, 2.75) is 50.7 Å². The molecule has 3 aromatic heterocycles. The van der Waals surface area contributed by atoms with Crippen LogP contribution in [0.1, 0.15) is 59.1 Å². The fraction of sp³-hybridized carbons (Fsp3) is 0.333. The number of thiophene rings is 1. The van der Waals surface area contributed by atoms with Gasteiger partial charge in [0.15, 0.2) is 0 Å². The van der Waals surface area contributed by atoms with E-state index in [-0.39, 0.29) is 17.9 Å². The fourth-order valence-electron chi connectivity index (χ4n) is 4.03. The Labute approximate surface area is 186 Å². The second-order valence-corrected chi connectivity index (χ2v) is 8.79. The van der Waals surface area contributed by atoms with Gasteiger partial charge in [0.2, 0.25) is 5.91 Å². The van der Waals surface area contributed by atoms with E-state index >= 15 is 0 Å². The predicted molar refractivity (Wildman–Crippen MR) is 120 cm³/mol. The molecule has 7 heteroatoms. The summed E-state index contributed by atoms with van der Waals surface area (Å²) in [6.07, 6.45) is 10.3. The first-order valence-corrected chi connectivity index (χ1v) is 11.5. The number of amides is 2. The summed E-state index contributed by atoms with van der Waals surface area (Å²) in [7, 11) is 0. The first-order chi connectivity index (χ1) is 15.2. The molecule has 1 saturated carbocycles. The minimum absolute atomic E-state index is 0.152. The van der Waals surface area contributed by atoms with Gasteiger partial charge in [-0.25, -0.2) is 0 Å². The molecule has 6 nitrogen and oxygen atoms in total. The Morgan fingerprint density at radius 3 is 2.52 bits per heavy atom. The summed E-state index contributed by atoms with van der Waals surface area (Å²) >= 11 is 1.57. The van der Waals surface area contributed by atoms with Gasteiger partial charge in [-0.1, -0.05) is 31.4 Å². The number of carbonyl (C=O) groups is 2. The van der Waals surface area contributed by atoms with Crippen molar-refractivity contribution < 1.29 is 9.59 Å². The van der Waals surface area contributed by atoms with Crippen LogP contribution < -0.4 is 5.32 Å². The van der Waals surface area contributed by atoms with E-state index in [0.717, 1.165) is 36.1 Å². The third-order valence-electron chi connectivity index (χ3n) is 5.58. The van der Waals surface area contributed by atoms with E-state index < -0.39 is 6.04 Å². The highest BCUT2D eigenvalue weighted by molar-refractivity contribution is 7.09. The Balaban J connectivity index is 1.69. The molecule has 1 fully saturated rings. The molecule has 0 aliphatic heterocycles. The Morgan fingerprint density at radius 1 is 1.03 bits per heavy atom. The lowest BCUT2D eigenvalue weighted by Gasteiger charge is -2.33. The standard InChI is InChI=1S/C24H26N4O2S/c29-23(27-19-7-2-1-3-8-19)22(18-11-14-25-15-12-18)28(17-20-9-6-16-31-20)24(30)21-10-4-5-13-26-21/h4-6,9-16,19,22H,1-3,7-8,17H2,(H,27,29). The van der Waals surface area contributed by atoms with Crippen LogP contribution in [0.2, 0.25) is 0 Å². The van der Waals surface area contributed by atoms with E-state index in [1.54, 1.807) is 65.2 Å². The summed E-state index contributed by atoms with van der Waals surface area (Å²) in [6.45, 7) is 0.331. The SMILES string of the molecule is O=C(NC1CCCCC1)C(c1ccncc1)N(Cc1cccs1)C(=O)c1ccccn1. The lowest BCUT2D eigenvalue weighted by molar-refractivity contribution is -0.127. The molecule has 1 aliphatic carbocycles. The van der Waals surface area contributed by atoms with E-state index in [9.17, 15) is 9.59 Å². The largest absolute Gasteiger partial charge is 0.351 e. The smallest absolute Gasteiger partial charge is 0.273 e. The van der Waals surface area contributed by atoms with Crippen molar-refractivity contribution in [3.05, 3.63) is 82.6 Å². The van der Waals surface area contributed by atoms with Crippen molar-refractivity contribution in [2.24, 2.45) is 0 Å². The highest BCUT2D eigenvalue weighted by Gasteiger charge is 2.34. The van der Waals surface area contributed by atoms with Crippen molar-refractivity contribution in [1.82, 2.24) is 20.2 Å². The van der Waals surface area contributed by atoms with Crippen molar-refractivity contribution >= 4 is 23.2 Å². The number of rotatable bonds is 7. The molecule has 160 valence electrons. The molecule has 0 radical (unpaired) electrons. The number of pyridine rings is 2. The number of hydrogen-bond donors (Lipinski definition) is 1. The van der Waals surface area contributed by atoms with E-state index in [2.05, 4.69) is 15.3 Å². The van der Waals surface area contributed by atoms with Crippen molar-refractivity contribution in [1.29, 1.82) is 0 Å². The summed E-state index contributed by atoms with van der Waals surface area (Å²) in [5.74, 6) is -0.423. The van der Waals surface area contributed by atoms with Gasteiger partial charge in [-0.15, -0.1) is 11.3 Å². The average Bonchev–Trinajstić information content (AvgIpc) is 3.33. The number of nitrogens with zero attached hydrogens (tertiary/aromatic N) is 3. The molecule has 0 saturated heterocycles. The zero-order chi connectivity index (χ0) is 21.5. The Hall–Kier alpha value is -3.06. The number of aromatic nitrogens is 2. The molecule has 1 N–H and O–H groups in total. The van der Waals surface area contributed by atoms with Crippen molar-refractivity contribution in [2.75, 3.05) is 0 Å². The Morgan fingerprint density at radius 2 is 1.84 bits per heavy atom. The summed E-state index contributed by atoms with van der Waals surface area (Å²) in [6, 6.07) is 12.2. The van der Waals surface area contributed by atoms with Crippen molar-refractivity contribution in [3.8, 4) is 0 Å². The Bertz CT molecular complexity index is 973. The third-order valence-corrected chi connectivity index (χ3v) is 6.45. The molecule has 0 bridgehead atoms. The molecular formula is C24H26N4O2S. The first kappa shape index (κ1) is 21.2. The van der Waals surface area contributed by atoms with Crippen LogP contribution in [0.5, 0.6) is 0 Å². The zero-order valence-corrected chi connectivity index (χ0v) is 18.1. The number of carbonyl (C=O) groups excluding carboxylic acids is 2. The Kier molecular flexibility index (Phi) is 7.04. The highest BCUT2D eigenvalue weighted by atomic mass is 32.1. The van der Waals surface area contributed by atoms with Crippen molar-refractivity contribution in [3.63, 3.8) is 0 Å². The summed E-state index contributed by atoms with van der Waals surface area (Å²) in [4.78, 5) is 38.1. The van der Waals surface area contributed by atoms with Gasteiger partial charge in [-0.05, 0) is 54.1 Å². The van der Waals surface area contributed by atoms with Crippen LogP contribution in [0, 0.1) is 0 Å². The molecule has 1 unspecified atom stereocenters. The topological polar surface area (TPSA) is 75.2 Å². The minimum Gasteiger partial charge on any atom is -0.351 e. The monoisotopic (exact) mass is 434 g/mol. The maximum Gasteiger partial charge on any atom is 0.273 e. The van der Waals surface area contributed by atoms with Crippen LogP contribution in [0.3, 0.4) is 0 Å². The van der Waals surface area contributed by atoms with Gasteiger partial charge in [0, 0.05) is 29.5 Å². The van der Waals surface area contributed by atoms with Gasteiger partial charge in [0.1, 0.15) is 11.7 Å². The molecule has 4 rings (SSSR count). The van der Waals surface area contributed by atoms with E-state index in [4.69, 9.17) is 0 Å². The van der Waals surface area contributed by atoms with Crippen LogP contribution in [-0.2, 0) is 11.3 Å². The van der Waals surface area contributed by atoms with Gasteiger partial charge in [-0.2, -0.15) is 0 Å². The molecular weight excluding hydrogens is 408 g/mol. The average molecular weight is 435 g/mol. The van der Waals surface area contributed by atoms with Gasteiger partial charge in [0.05, 0.1) is 6.54 Å². The second-order valence-electron chi connectivity index (χ2n) is 7.75. The van der Waals surface area contributed by atoms with Gasteiger partial charge >= 0.3 is 0 Å². The molecule has 3 heterocycles.